The van der Waals surface area contributed by atoms with Crippen LogP contribution in [-0.2, 0) is 9.53 Å². The van der Waals surface area contributed by atoms with Gasteiger partial charge in [0.15, 0.2) is 0 Å². The van der Waals surface area contributed by atoms with Gasteiger partial charge >= 0.3 is 0 Å². The van der Waals surface area contributed by atoms with E-state index < -0.39 is 5.54 Å². The number of nitrogens with zero attached hydrogens (tertiary/aromatic N) is 4. The Labute approximate surface area is 228 Å². The van der Waals surface area contributed by atoms with E-state index in [0.717, 1.165) is 92.4 Å². The number of rotatable bonds is 8. The number of hydrogen-bond acceptors (Lipinski definition) is 7. The molecule has 206 valence electrons. The van der Waals surface area contributed by atoms with Crippen LogP contribution in [0.25, 0.3) is 22.2 Å². The molecule has 0 radical (unpaired) electrons. The summed E-state index contributed by atoms with van der Waals surface area (Å²) in [5.74, 6) is 1.64. The van der Waals surface area contributed by atoms with E-state index in [0.29, 0.717) is 30.5 Å². The number of fused-ring (bicyclic) bond motifs is 3. The molecule has 3 aliphatic heterocycles. The highest BCUT2D eigenvalue weighted by molar-refractivity contribution is 6.00. The zero-order chi connectivity index (χ0) is 26.8. The number of nitrogens with two attached hydrogens (primary N) is 2. The minimum absolute atomic E-state index is 0.111. The van der Waals surface area contributed by atoms with Crippen LogP contribution in [0.4, 0.5) is 5.82 Å². The van der Waals surface area contributed by atoms with Crippen LogP contribution in [0.3, 0.4) is 0 Å². The van der Waals surface area contributed by atoms with Crippen molar-refractivity contribution in [1.29, 1.82) is 0 Å². The Hall–Kier alpha value is -3.17. The molecule has 1 aliphatic carbocycles. The number of aromatic nitrogens is 3. The molecule has 1 atom stereocenters. The Balaban J connectivity index is 1.11. The lowest BCUT2D eigenvalue weighted by molar-refractivity contribution is -0.128. The molecule has 4 aliphatic rings. The van der Waals surface area contributed by atoms with Crippen LogP contribution in [-0.4, -0.2) is 62.3 Å². The van der Waals surface area contributed by atoms with Gasteiger partial charge in [-0.3, -0.25) is 9.69 Å². The Morgan fingerprint density at radius 3 is 2.77 bits per heavy atom. The first-order valence-electron chi connectivity index (χ1n) is 14.4. The molecule has 0 spiro atoms. The number of anilines is 1. The monoisotopic (exact) mass is 530 g/mol. The average Bonchev–Trinajstić information content (AvgIpc) is 3.69. The SMILES string of the molecule is C[C@@]1(C(N)=O)CCCN1C[C@H]1C[C@H](n2cc(-c3cccc(OCC45CCC(CC4)O5)c3)c3c(N)ncnc32)C1. The zero-order valence-corrected chi connectivity index (χ0v) is 22.6. The quantitative estimate of drug-likeness (QED) is 0.450. The maximum Gasteiger partial charge on any atom is 0.237 e. The second kappa shape index (κ2) is 9.20. The predicted octanol–water partition coefficient (Wildman–Crippen LogP) is 4.06. The molecule has 9 nitrogen and oxygen atoms in total. The Morgan fingerprint density at radius 2 is 2.03 bits per heavy atom. The van der Waals surface area contributed by atoms with E-state index in [9.17, 15) is 4.79 Å². The molecule has 2 aromatic heterocycles. The fraction of sp³-hybridized carbons (Fsp3) is 0.567. The van der Waals surface area contributed by atoms with E-state index in [2.05, 4.69) is 37.8 Å². The zero-order valence-electron chi connectivity index (χ0n) is 22.6. The summed E-state index contributed by atoms with van der Waals surface area (Å²) in [6, 6.07) is 8.55. The van der Waals surface area contributed by atoms with Crippen molar-refractivity contribution >= 4 is 22.8 Å². The van der Waals surface area contributed by atoms with Gasteiger partial charge in [-0.25, -0.2) is 9.97 Å². The smallest absolute Gasteiger partial charge is 0.237 e. The lowest BCUT2D eigenvalue weighted by atomic mass is 9.79. The van der Waals surface area contributed by atoms with E-state index >= 15 is 0 Å². The predicted molar refractivity (Wildman–Crippen MR) is 149 cm³/mol. The van der Waals surface area contributed by atoms with Crippen molar-refractivity contribution in [1.82, 2.24) is 19.4 Å². The molecule has 7 rings (SSSR count). The molecule has 4 N–H and O–H groups in total. The summed E-state index contributed by atoms with van der Waals surface area (Å²) < 4.78 is 14.8. The number of ether oxygens (including phenoxy) is 2. The molecule has 5 heterocycles. The number of carbonyl (C=O) groups is 1. The van der Waals surface area contributed by atoms with Gasteiger partial charge in [0.25, 0.3) is 0 Å². The van der Waals surface area contributed by atoms with Gasteiger partial charge in [-0.2, -0.15) is 0 Å². The number of likely N-dealkylation sites (tertiary alicyclic amines) is 1. The average molecular weight is 531 g/mol. The lowest BCUT2D eigenvalue weighted by Gasteiger charge is -2.42. The number of primary amides is 1. The first kappa shape index (κ1) is 24.8. The summed E-state index contributed by atoms with van der Waals surface area (Å²) in [5.41, 5.74) is 14.5. The summed E-state index contributed by atoms with van der Waals surface area (Å²) in [6.07, 6.45) is 12.5. The fourth-order valence-corrected chi connectivity index (χ4v) is 7.44. The van der Waals surface area contributed by atoms with Crippen LogP contribution < -0.4 is 16.2 Å². The van der Waals surface area contributed by atoms with Gasteiger partial charge in [-0.15, -0.1) is 0 Å². The second-order valence-electron chi connectivity index (χ2n) is 12.4. The fourth-order valence-electron chi connectivity index (χ4n) is 7.44. The van der Waals surface area contributed by atoms with Gasteiger partial charge in [0.05, 0.1) is 17.0 Å². The van der Waals surface area contributed by atoms with Crippen LogP contribution in [0.1, 0.15) is 64.3 Å². The summed E-state index contributed by atoms with van der Waals surface area (Å²) in [4.78, 5) is 23.4. The Kier molecular flexibility index (Phi) is 5.86. The summed E-state index contributed by atoms with van der Waals surface area (Å²) in [7, 11) is 0. The number of nitrogen functional groups attached to an aromatic ring is 1. The largest absolute Gasteiger partial charge is 0.491 e. The van der Waals surface area contributed by atoms with Crippen LogP contribution in [0, 0.1) is 5.92 Å². The van der Waals surface area contributed by atoms with Gasteiger partial charge in [0.2, 0.25) is 5.91 Å². The topological polar surface area (TPSA) is 122 Å². The van der Waals surface area contributed by atoms with Gasteiger partial charge in [-0.1, -0.05) is 12.1 Å². The van der Waals surface area contributed by atoms with E-state index in [4.69, 9.17) is 20.9 Å². The molecule has 1 amide bonds. The van der Waals surface area contributed by atoms with Crippen LogP contribution in [0.15, 0.2) is 36.8 Å². The maximum atomic E-state index is 12.1. The third-order valence-corrected chi connectivity index (χ3v) is 9.95. The van der Waals surface area contributed by atoms with Crippen molar-refractivity contribution < 1.29 is 14.3 Å². The molecular formula is C30H38N6O3. The van der Waals surface area contributed by atoms with Crippen molar-refractivity contribution in [3.8, 4) is 16.9 Å². The summed E-state index contributed by atoms with van der Waals surface area (Å²) in [5, 5.41) is 0.885. The maximum absolute atomic E-state index is 12.1. The number of amides is 1. The number of benzene rings is 1. The second-order valence-corrected chi connectivity index (χ2v) is 12.4. The number of carbonyl (C=O) groups excluding carboxylic acids is 1. The van der Waals surface area contributed by atoms with Crippen molar-refractivity contribution in [3.63, 3.8) is 0 Å². The van der Waals surface area contributed by atoms with Gasteiger partial charge < -0.3 is 25.5 Å². The molecule has 9 heteroatoms. The highest BCUT2D eigenvalue weighted by Gasteiger charge is 2.47. The molecule has 3 aromatic rings. The minimum atomic E-state index is -0.518. The molecular weight excluding hydrogens is 492 g/mol. The molecule has 0 unspecified atom stereocenters. The van der Waals surface area contributed by atoms with Crippen molar-refractivity contribution in [3.05, 3.63) is 36.8 Å². The van der Waals surface area contributed by atoms with Gasteiger partial charge in [0, 0.05) is 24.3 Å². The molecule has 1 saturated carbocycles. The van der Waals surface area contributed by atoms with E-state index in [1.807, 2.05) is 19.1 Å². The van der Waals surface area contributed by atoms with E-state index in [1.165, 1.54) is 0 Å². The Bertz CT molecular complexity index is 1410. The van der Waals surface area contributed by atoms with Crippen LogP contribution in [0.5, 0.6) is 5.75 Å². The highest BCUT2D eigenvalue weighted by atomic mass is 16.6. The van der Waals surface area contributed by atoms with Crippen LogP contribution >= 0.6 is 0 Å². The minimum Gasteiger partial charge on any atom is -0.491 e. The summed E-state index contributed by atoms with van der Waals surface area (Å²) in [6.45, 7) is 4.43. The molecule has 39 heavy (non-hydrogen) atoms. The van der Waals surface area contributed by atoms with Gasteiger partial charge in [0.1, 0.15) is 35.7 Å². The normalized spacial score (nSPS) is 32.1. The first-order valence-corrected chi connectivity index (χ1v) is 14.4. The first-order chi connectivity index (χ1) is 18.8. The van der Waals surface area contributed by atoms with E-state index in [-0.39, 0.29) is 11.5 Å². The molecule has 1 aromatic carbocycles. The van der Waals surface area contributed by atoms with Crippen LogP contribution in [0.2, 0.25) is 0 Å². The molecule has 3 saturated heterocycles. The summed E-state index contributed by atoms with van der Waals surface area (Å²) >= 11 is 0. The third-order valence-electron chi connectivity index (χ3n) is 9.95. The molecule has 2 bridgehead atoms. The lowest BCUT2D eigenvalue weighted by Crippen LogP contribution is -2.53. The Morgan fingerprint density at radius 1 is 1.21 bits per heavy atom. The third kappa shape index (κ3) is 4.17. The van der Waals surface area contributed by atoms with Gasteiger partial charge in [-0.05, 0) is 88.4 Å². The standard InChI is InChI=1S/C30H38N6O3/c1-29(28(32)37)8-3-11-35(29)15-19-12-21(13-19)36-16-24(25-26(31)33-18-34-27(25)36)20-4-2-5-23(14-20)38-17-30-9-6-22(39-30)7-10-30/h2,4-5,14,16,18-19,21-22H,3,6-13,15,17H2,1H3,(H2,32,37)(H2,31,33,34)/t19-,21-,22?,29-,30?/m0/s1. The molecule has 4 fully saturated rings. The van der Waals surface area contributed by atoms with Crippen molar-refractivity contribution in [2.24, 2.45) is 11.7 Å². The number of hydrogen-bond donors (Lipinski definition) is 2. The highest BCUT2D eigenvalue weighted by Crippen LogP contribution is 2.46. The van der Waals surface area contributed by atoms with Crippen molar-refractivity contribution in [2.45, 2.75) is 81.6 Å². The van der Waals surface area contributed by atoms with Crippen molar-refractivity contribution in [2.75, 3.05) is 25.4 Å². The van der Waals surface area contributed by atoms with E-state index in [1.54, 1.807) is 6.33 Å².